The van der Waals surface area contributed by atoms with Crippen LogP contribution < -0.4 is 11.1 Å². The molecule has 1 fully saturated rings. The highest BCUT2D eigenvalue weighted by Gasteiger charge is 2.19. The summed E-state index contributed by atoms with van der Waals surface area (Å²) >= 11 is 3.34. The van der Waals surface area contributed by atoms with Gasteiger partial charge in [-0.1, -0.05) is 28.8 Å². The highest BCUT2D eigenvalue weighted by atomic mass is 79.9. The van der Waals surface area contributed by atoms with Crippen LogP contribution in [0.4, 0.5) is 5.69 Å². The molecule has 0 aromatic heterocycles. The topological polar surface area (TPSA) is 58.4 Å². The summed E-state index contributed by atoms with van der Waals surface area (Å²) in [6, 6.07) is 6.01. The molecule has 0 saturated heterocycles. The number of hydrogen-bond donors (Lipinski definition) is 2. The SMILES string of the molecule is CN(CCNC(=O)c1ccc(Br)cc1N)C1CCCC1.Cl.Cl. The average molecular weight is 413 g/mol. The molecule has 0 aliphatic heterocycles. The highest BCUT2D eigenvalue weighted by molar-refractivity contribution is 9.10. The van der Waals surface area contributed by atoms with Crippen LogP contribution in [0.2, 0.25) is 0 Å². The van der Waals surface area contributed by atoms with E-state index in [1.165, 1.54) is 25.7 Å². The first-order valence-corrected chi connectivity index (χ1v) is 7.90. The molecule has 22 heavy (non-hydrogen) atoms. The Hall–Kier alpha value is -0.490. The Morgan fingerprint density at radius 2 is 2.00 bits per heavy atom. The number of likely N-dealkylation sites (N-methyl/N-ethyl adjacent to an activating group) is 1. The van der Waals surface area contributed by atoms with Crippen LogP contribution in [0.3, 0.4) is 0 Å². The van der Waals surface area contributed by atoms with E-state index < -0.39 is 0 Å². The third-order valence-electron chi connectivity index (χ3n) is 3.96. The molecule has 1 aliphatic rings. The molecule has 0 bridgehead atoms. The summed E-state index contributed by atoms with van der Waals surface area (Å²) in [5.74, 6) is -0.102. The van der Waals surface area contributed by atoms with E-state index in [2.05, 4.69) is 33.2 Å². The first kappa shape index (κ1) is 21.5. The summed E-state index contributed by atoms with van der Waals surface area (Å²) in [7, 11) is 2.14. The fraction of sp³-hybridized carbons (Fsp3) is 0.533. The first-order chi connectivity index (χ1) is 9.58. The van der Waals surface area contributed by atoms with E-state index in [0.29, 0.717) is 23.8 Å². The van der Waals surface area contributed by atoms with Gasteiger partial charge in [0, 0.05) is 29.3 Å². The molecular weight excluding hydrogens is 389 g/mol. The zero-order valence-corrected chi connectivity index (χ0v) is 15.9. The predicted octanol–water partition coefficient (Wildman–Crippen LogP) is 3.48. The molecule has 2 rings (SSSR count). The molecule has 0 spiro atoms. The molecule has 1 saturated carbocycles. The maximum Gasteiger partial charge on any atom is 0.253 e. The molecule has 0 heterocycles. The van der Waals surface area contributed by atoms with E-state index in [-0.39, 0.29) is 30.7 Å². The molecule has 3 N–H and O–H groups in total. The summed E-state index contributed by atoms with van der Waals surface area (Å²) in [5.41, 5.74) is 6.89. The van der Waals surface area contributed by atoms with Crippen LogP contribution in [0.1, 0.15) is 36.0 Å². The van der Waals surface area contributed by atoms with Crippen molar-refractivity contribution < 1.29 is 4.79 Å². The van der Waals surface area contributed by atoms with Crippen molar-refractivity contribution in [1.82, 2.24) is 10.2 Å². The number of rotatable bonds is 5. The lowest BCUT2D eigenvalue weighted by Gasteiger charge is -2.23. The molecule has 7 heteroatoms. The molecule has 0 atom stereocenters. The minimum Gasteiger partial charge on any atom is -0.398 e. The Kier molecular flexibility index (Phi) is 10.1. The average Bonchev–Trinajstić information content (AvgIpc) is 2.92. The molecule has 1 amide bonds. The van der Waals surface area contributed by atoms with Gasteiger partial charge < -0.3 is 16.0 Å². The summed E-state index contributed by atoms with van der Waals surface area (Å²) < 4.78 is 0.882. The van der Waals surface area contributed by atoms with E-state index in [0.717, 1.165) is 11.0 Å². The summed E-state index contributed by atoms with van der Waals surface area (Å²) in [5, 5.41) is 2.94. The van der Waals surface area contributed by atoms with Gasteiger partial charge in [0.25, 0.3) is 5.91 Å². The van der Waals surface area contributed by atoms with Crippen molar-refractivity contribution in [2.75, 3.05) is 25.9 Å². The smallest absolute Gasteiger partial charge is 0.253 e. The van der Waals surface area contributed by atoms with E-state index >= 15 is 0 Å². The van der Waals surface area contributed by atoms with Crippen molar-refractivity contribution >= 4 is 52.3 Å². The number of halogens is 3. The van der Waals surface area contributed by atoms with Gasteiger partial charge in [-0.15, -0.1) is 24.8 Å². The van der Waals surface area contributed by atoms with Crippen molar-refractivity contribution in [2.24, 2.45) is 0 Å². The lowest BCUT2D eigenvalue weighted by atomic mass is 10.1. The number of amides is 1. The van der Waals surface area contributed by atoms with E-state index in [1.807, 2.05) is 6.07 Å². The first-order valence-electron chi connectivity index (χ1n) is 7.11. The number of nitrogens with one attached hydrogen (secondary N) is 1. The number of anilines is 1. The summed E-state index contributed by atoms with van der Waals surface area (Å²) in [4.78, 5) is 14.4. The van der Waals surface area contributed by atoms with Crippen LogP contribution in [-0.2, 0) is 0 Å². The van der Waals surface area contributed by atoms with Crippen LogP contribution in [-0.4, -0.2) is 37.0 Å². The van der Waals surface area contributed by atoms with Crippen LogP contribution >= 0.6 is 40.7 Å². The van der Waals surface area contributed by atoms with Gasteiger partial charge in [-0.3, -0.25) is 4.79 Å². The Bertz CT molecular complexity index is 482. The number of carbonyl (C=O) groups excluding carboxylic acids is 1. The molecule has 0 unspecified atom stereocenters. The Morgan fingerprint density at radius 1 is 1.36 bits per heavy atom. The van der Waals surface area contributed by atoms with Gasteiger partial charge in [-0.25, -0.2) is 0 Å². The third-order valence-corrected chi connectivity index (χ3v) is 4.45. The molecule has 126 valence electrons. The van der Waals surface area contributed by atoms with E-state index in [1.54, 1.807) is 12.1 Å². The van der Waals surface area contributed by atoms with Gasteiger partial charge in [-0.2, -0.15) is 0 Å². The maximum absolute atomic E-state index is 12.1. The number of nitrogens with zero attached hydrogens (tertiary/aromatic N) is 1. The zero-order chi connectivity index (χ0) is 14.5. The van der Waals surface area contributed by atoms with Crippen LogP contribution in [0.15, 0.2) is 22.7 Å². The van der Waals surface area contributed by atoms with E-state index in [9.17, 15) is 4.79 Å². The number of nitrogen functional groups attached to an aromatic ring is 1. The second kappa shape index (κ2) is 10.3. The Morgan fingerprint density at radius 3 is 2.59 bits per heavy atom. The second-order valence-corrected chi connectivity index (χ2v) is 6.32. The molecule has 1 aromatic rings. The monoisotopic (exact) mass is 411 g/mol. The quantitative estimate of drug-likeness (QED) is 0.727. The van der Waals surface area contributed by atoms with Crippen molar-refractivity contribution in [1.29, 1.82) is 0 Å². The van der Waals surface area contributed by atoms with Crippen LogP contribution in [0.25, 0.3) is 0 Å². The van der Waals surface area contributed by atoms with Crippen molar-refractivity contribution in [2.45, 2.75) is 31.7 Å². The van der Waals surface area contributed by atoms with Crippen molar-refractivity contribution in [3.05, 3.63) is 28.2 Å². The van der Waals surface area contributed by atoms with Gasteiger partial charge in [-0.05, 0) is 38.1 Å². The number of nitrogens with two attached hydrogens (primary N) is 1. The highest BCUT2D eigenvalue weighted by Crippen LogP contribution is 2.22. The maximum atomic E-state index is 12.1. The largest absolute Gasteiger partial charge is 0.398 e. The minimum absolute atomic E-state index is 0. The lowest BCUT2D eigenvalue weighted by Crippen LogP contribution is -2.37. The zero-order valence-electron chi connectivity index (χ0n) is 12.7. The molecule has 0 radical (unpaired) electrons. The predicted molar refractivity (Wildman–Crippen MR) is 100 cm³/mol. The minimum atomic E-state index is -0.102. The fourth-order valence-electron chi connectivity index (χ4n) is 2.71. The Labute approximate surface area is 153 Å². The Balaban J connectivity index is 0.00000220. The summed E-state index contributed by atoms with van der Waals surface area (Å²) in [6.45, 7) is 1.54. The molecular formula is C15H24BrCl2N3O. The molecule has 1 aromatic carbocycles. The normalized spacial score (nSPS) is 14.3. The van der Waals surface area contributed by atoms with Gasteiger partial charge in [0.05, 0.1) is 5.56 Å². The standard InChI is InChI=1S/C15H22BrN3O.2ClH/c1-19(12-4-2-3-5-12)9-8-18-15(20)13-7-6-11(16)10-14(13)17;;/h6-7,10,12H,2-5,8-9,17H2,1H3,(H,18,20);2*1H. The molecule has 4 nitrogen and oxygen atoms in total. The fourth-order valence-corrected chi connectivity index (χ4v) is 3.09. The third kappa shape index (κ3) is 5.95. The van der Waals surface area contributed by atoms with Crippen LogP contribution in [0, 0.1) is 0 Å². The lowest BCUT2D eigenvalue weighted by molar-refractivity contribution is 0.0948. The van der Waals surface area contributed by atoms with Gasteiger partial charge >= 0.3 is 0 Å². The van der Waals surface area contributed by atoms with Crippen LogP contribution in [0.5, 0.6) is 0 Å². The second-order valence-electron chi connectivity index (χ2n) is 5.41. The van der Waals surface area contributed by atoms with Crippen molar-refractivity contribution in [3.8, 4) is 0 Å². The van der Waals surface area contributed by atoms with Gasteiger partial charge in [0.15, 0.2) is 0 Å². The van der Waals surface area contributed by atoms with E-state index in [4.69, 9.17) is 5.73 Å². The van der Waals surface area contributed by atoms with Gasteiger partial charge in [0.2, 0.25) is 0 Å². The number of hydrogen-bond acceptors (Lipinski definition) is 3. The summed E-state index contributed by atoms with van der Waals surface area (Å²) in [6.07, 6.45) is 5.22. The number of benzene rings is 1. The number of carbonyl (C=O) groups is 1. The van der Waals surface area contributed by atoms with Crippen molar-refractivity contribution in [3.63, 3.8) is 0 Å². The molecule has 1 aliphatic carbocycles. The van der Waals surface area contributed by atoms with Gasteiger partial charge in [0.1, 0.15) is 0 Å².